The summed E-state index contributed by atoms with van der Waals surface area (Å²) in [6.45, 7) is 4.35. The maximum atomic E-state index is 2.51. The molecule has 0 saturated heterocycles. The van der Waals surface area contributed by atoms with Crippen molar-refractivity contribution >= 4 is 0 Å². The first-order valence-corrected chi connectivity index (χ1v) is 6.83. The topological polar surface area (TPSA) is 3.24 Å². The molecule has 0 bridgehead atoms. The Bertz CT molecular complexity index is 509. The highest BCUT2D eigenvalue weighted by molar-refractivity contribution is 5.38. The van der Waals surface area contributed by atoms with Crippen LogP contribution in [0.3, 0.4) is 0 Å². The van der Waals surface area contributed by atoms with Crippen molar-refractivity contribution in [1.29, 1.82) is 0 Å². The molecule has 1 nitrogen and oxygen atoms in total. The molecule has 96 valence electrons. The van der Waals surface area contributed by atoms with Gasteiger partial charge in [0, 0.05) is 13.1 Å². The smallest absolute Gasteiger partial charge is 0.0692 e. The van der Waals surface area contributed by atoms with Crippen LogP contribution in [0.1, 0.15) is 18.1 Å². The van der Waals surface area contributed by atoms with E-state index in [2.05, 4.69) is 84.6 Å². The quantitative estimate of drug-likeness (QED) is 0.747. The summed E-state index contributed by atoms with van der Waals surface area (Å²) in [5, 5.41) is 0. The van der Waals surface area contributed by atoms with Gasteiger partial charge < -0.3 is 0 Å². The molecule has 0 saturated carbocycles. The summed E-state index contributed by atoms with van der Waals surface area (Å²) in [7, 11) is 0. The largest absolute Gasteiger partial charge is 0.283 e. The molecule has 1 heterocycles. The van der Waals surface area contributed by atoms with E-state index >= 15 is 0 Å². The average molecular weight is 249 g/mol. The molecule has 0 amide bonds. The van der Waals surface area contributed by atoms with Crippen LogP contribution in [-0.4, -0.2) is 18.0 Å². The second-order valence-corrected chi connectivity index (χ2v) is 5.18. The van der Waals surface area contributed by atoms with Crippen LogP contribution in [-0.2, 0) is 5.54 Å². The fraction of sp³-hybridized carbons (Fsp3) is 0.222. The first-order chi connectivity index (χ1) is 9.32. The van der Waals surface area contributed by atoms with Crippen LogP contribution in [0.15, 0.2) is 72.8 Å². The average Bonchev–Trinajstić information content (AvgIpc) is 3.03. The van der Waals surface area contributed by atoms with Gasteiger partial charge in [-0.15, -0.1) is 0 Å². The molecule has 1 aliphatic rings. The van der Waals surface area contributed by atoms with E-state index < -0.39 is 0 Å². The Morgan fingerprint density at radius 3 is 1.58 bits per heavy atom. The lowest BCUT2D eigenvalue weighted by atomic mass is 9.83. The summed E-state index contributed by atoms with van der Waals surface area (Å²) in [4.78, 5) is 2.51. The molecular formula is C18H19N. The summed E-state index contributed by atoms with van der Waals surface area (Å²) in [5.41, 5.74) is 2.64. The molecule has 1 heteroatoms. The molecular weight excluding hydrogens is 230 g/mol. The van der Waals surface area contributed by atoms with Crippen LogP contribution in [0.25, 0.3) is 0 Å². The Morgan fingerprint density at radius 2 is 1.16 bits per heavy atom. The molecule has 0 aromatic heterocycles. The molecule has 1 aliphatic heterocycles. The van der Waals surface area contributed by atoms with Crippen LogP contribution >= 0.6 is 0 Å². The number of benzene rings is 2. The third kappa shape index (κ3) is 2.11. The Kier molecular flexibility index (Phi) is 3.22. The van der Waals surface area contributed by atoms with E-state index in [1.54, 1.807) is 0 Å². The summed E-state index contributed by atoms with van der Waals surface area (Å²) in [6.07, 6.45) is 4.51. The van der Waals surface area contributed by atoms with Gasteiger partial charge >= 0.3 is 0 Å². The molecule has 0 aliphatic carbocycles. The predicted octanol–water partition coefficient (Wildman–Crippen LogP) is 3.82. The zero-order valence-corrected chi connectivity index (χ0v) is 11.3. The lowest BCUT2D eigenvalue weighted by Crippen LogP contribution is -2.43. The van der Waals surface area contributed by atoms with Gasteiger partial charge in [0.25, 0.3) is 0 Å². The van der Waals surface area contributed by atoms with Gasteiger partial charge in [-0.25, -0.2) is 0 Å². The summed E-state index contributed by atoms with van der Waals surface area (Å²) in [6, 6.07) is 21.6. The molecule has 0 unspecified atom stereocenters. The summed E-state index contributed by atoms with van der Waals surface area (Å²) < 4.78 is 0. The van der Waals surface area contributed by atoms with Gasteiger partial charge in [0.1, 0.15) is 0 Å². The van der Waals surface area contributed by atoms with Crippen LogP contribution in [0.2, 0.25) is 0 Å². The van der Waals surface area contributed by atoms with Crippen molar-refractivity contribution < 1.29 is 0 Å². The van der Waals surface area contributed by atoms with Crippen molar-refractivity contribution in [1.82, 2.24) is 4.90 Å². The van der Waals surface area contributed by atoms with Crippen LogP contribution in [0, 0.1) is 0 Å². The van der Waals surface area contributed by atoms with Crippen molar-refractivity contribution in [2.45, 2.75) is 12.5 Å². The van der Waals surface area contributed by atoms with Gasteiger partial charge in [0.2, 0.25) is 0 Å². The van der Waals surface area contributed by atoms with Crippen LogP contribution in [0.5, 0.6) is 0 Å². The molecule has 3 rings (SSSR count). The molecule has 2 aromatic carbocycles. The zero-order chi connectivity index (χ0) is 13.1. The highest BCUT2D eigenvalue weighted by atomic mass is 15.2. The van der Waals surface area contributed by atoms with Crippen LogP contribution in [0.4, 0.5) is 0 Å². The van der Waals surface area contributed by atoms with Gasteiger partial charge in [-0.3, -0.25) is 4.90 Å². The molecule has 2 aromatic rings. The second kappa shape index (κ2) is 5.02. The molecule has 0 spiro atoms. The Balaban J connectivity index is 2.10. The van der Waals surface area contributed by atoms with E-state index in [-0.39, 0.29) is 5.54 Å². The molecule has 0 N–H and O–H groups in total. The Hall–Kier alpha value is -1.86. The molecule has 19 heavy (non-hydrogen) atoms. The van der Waals surface area contributed by atoms with Gasteiger partial charge in [-0.1, -0.05) is 72.8 Å². The molecule has 0 atom stereocenters. The fourth-order valence-electron chi connectivity index (χ4n) is 2.90. The highest BCUT2D eigenvalue weighted by Crippen LogP contribution is 2.36. The van der Waals surface area contributed by atoms with E-state index in [1.165, 1.54) is 11.1 Å². The van der Waals surface area contributed by atoms with E-state index in [0.717, 1.165) is 13.1 Å². The minimum Gasteiger partial charge on any atom is -0.283 e. The maximum absolute atomic E-state index is 2.51. The Labute approximate surface area is 115 Å². The molecule has 0 radical (unpaired) electrons. The third-order valence-electron chi connectivity index (χ3n) is 4.12. The van der Waals surface area contributed by atoms with E-state index in [0.29, 0.717) is 0 Å². The SMILES string of the molecule is CC(c1ccccc1)(c1ccccc1)N1CC=CC1. The van der Waals surface area contributed by atoms with Gasteiger partial charge in [-0.05, 0) is 18.1 Å². The van der Waals surface area contributed by atoms with Crippen molar-refractivity contribution in [3.63, 3.8) is 0 Å². The van der Waals surface area contributed by atoms with E-state index in [9.17, 15) is 0 Å². The number of nitrogens with zero attached hydrogens (tertiary/aromatic N) is 1. The monoisotopic (exact) mass is 249 g/mol. The minimum absolute atomic E-state index is 0.0635. The first-order valence-electron chi connectivity index (χ1n) is 6.83. The second-order valence-electron chi connectivity index (χ2n) is 5.18. The lowest BCUT2D eigenvalue weighted by Gasteiger charge is -2.40. The Morgan fingerprint density at radius 1 is 0.737 bits per heavy atom. The van der Waals surface area contributed by atoms with Gasteiger partial charge in [0.15, 0.2) is 0 Å². The van der Waals surface area contributed by atoms with Crippen LogP contribution < -0.4 is 0 Å². The van der Waals surface area contributed by atoms with Crippen molar-refractivity contribution in [2.24, 2.45) is 0 Å². The van der Waals surface area contributed by atoms with E-state index in [1.807, 2.05) is 0 Å². The third-order valence-corrected chi connectivity index (χ3v) is 4.12. The van der Waals surface area contributed by atoms with Gasteiger partial charge in [0.05, 0.1) is 5.54 Å². The zero-order valence-electron chi connectivity index (χ0n) is 11.3. The minimum atomic E-state index is -0.0635. The maximum Gasteiger partial charge on any atom is 0.0692 e. The first kappa shape index (κ1) is 12.2. The standard InChI is InChI=1S/C18H19N/c1-18(19-14-8-9-15-19,16-10-4-2-5-11-16)17-12-6-3-7-13-17/h2-13H,14-15H2,1H3. The number of rotatable bonds is 3. The number of hydrogen-bond donors (Lipinski definition) is 0. The predicted molar refractivity (Wildman–Crippen MR) is 80.1 cm³/mol. The molecule has 0 fully saturated rings. The normalized spacial score (nSPS) is 15.8. The van der Waals surface area contributed by atoms with Crippen molar-refractivity contribution in [3.05, 3.63) is 83.9 Å². The van der Waals surface area contributed by atoms with Crippen molar-refractivity contribution in [3.8, 4) is 0 Å². The lowest BCUT2D eigenvalue weighted by molar-refractivity contribution is 0.186. The van der Waals surface area contributed by atoms with E-state index in [4.69, 9.17) is 0 Å². The highest BCUT2D eigenvalue weighted by Gasteiger charge is 2.35. The summed E-state index contributed by atoms with van der Waals surface area (Å²) >= 11 is 0. The number of hydrogen-bond acceptors (Lipinski definition) is 1. The summed E-state index contributed by atoms with van der Waals surface area (Å²) in [5.74, 6) is 0. The fourth-order valence-corrected chi connectivity index (χ4v) is 2.90. The van der Waals surface area contributed by atoms with Gasteiger partial charge in [-0.2, -0.15) is 0 Å². The van der Waals surface area contributed by atoms with Crippen molar-refractivity contribution in [2.75, 3.05) is 13.1 Å².